The highest BCUT2D eigenvalue weighted by Crippen LogP contribution is 2.38. The van der Waals surface area contributed by atoms with Gasteiger partial charge in [-0.25, -0.2) is 0 Å². The van der Waals surface area contributed by atoms with Crippen LogP contribution >= 0.6 is 0 Å². The Morgan fingerprint density at radius 2 is 1.55 bits per heavy atom. The van der Waals surface area contributed by atoms with Crippen LogP contribution in [0, 0.1) is 5.41 Å². The summed E-state index contributed by atoms with van der Waals surface area (Å²) >= 11 is 0. The molecule has 0 aliphatic heterocycles. The highest BCUT2D eigenvalue weighted by Gasteiger charge is 2.24. The highest BCUT2D eigenvalue weighted by atomic mass is 16.5. The van der Waals surface area contributed by atoms with Crippen LogP contribution in [0.1, 0.15) is 26.3 Å². The molecule has 0 saturated carbocycles. The van der Waals surface area contributed by atoms with Crippen LogP contribution in [-0.4, -0.2) is 45.7 Å². The minimum atomic E-state index is -0.371. The average Bonchev–Trinajstić information content (AvgIpc) is 2.49. The van der Waals surface area contributed by atoms with Crippen LogP contribution in [0.2, 0.25) is 0 Å². The summed E-state index contributed by atoms with van der Waals surface area (Å²) < 4.78 is 16.0. The molecule has 0 fully saturated rings. The van der Waals surface area contributed by atoms with E-state index in [-0.39, 0.29) is 11.3 Å². The van der Waals surface area contributed by atoms with Crippen molar-refractivity contribution < 1.29 is 19.0 Å². The maximum Gasteiger partial charge on any atom is 0.227 e. The number of carbonyl (C=O) groups is 1. The van der Waals surface area contributed by atoms with E-state index in [1.54, 1.807) is 26.2 Å². The molecule has 0 N–H and O–H groups in total. The number of benzene rings is 1. The van der Waals surface area contributed by atoms with Gasteiger partial charge in [0.25, 0.3) is 0 Å². The molecule has 22 heavy (non-hydrogen) atoms. The van der Waals surface area contributed by atoms with E-state index in [0.717, 1.165) is 12.0 Å². The lowest BCUT2D eigenvalue weighted by molar-refractivity contribution is -0.138. The van der Waals surface area contributed by atoms with Crippen molar-refractivity contribution in [3.8, 4) is 17.2 Å². The van der Waals surface area contributed by atoms with Crippen LogP contribution < -0.4 is 14.2 Å². The van der Waals surface area contributed by atoms with E-state index in [9.17, 15) is 4.79 Å². The predicted molar refractivity (Wildman–Crippen MR) is 86.9 cm³/mol. The van der Waals surface area contributed by atoms with Gasteiger partial charge in [0.05, 0.1) is 21.3 Å². The number of rotatable bonds is 6. The lowest BCUT2D eigenvalue weighted by Gasteiger charge is -2.26. The Labute approximate surface area is 133 Å². The largest absolute Gasteiger partial charge is 0.493 e. The van der Waals surface area contributed by atoms with E-state index in [0.29, 0.717) is 23.8 Å². The number of amides is 1. The molecule has 0 aliphatic rings. The van der Waals surface area contributed by atoms with Gasteiger partial charge in [-0.3, -0.25) is 4.79 Å². The van der Waals surface area contributed by atoms with E-state index in [1.807, 2.05) is 40.0 Å². The lowest BCUT2D eigenvalue weighted by atomic mass is 9.95. The molecule has 0 heterocycles. The van der Waals surface area contributed by atoms with Gasteiger partial charge in [0, 0.05) is 19.0 Å². The van der Waals surface area contributed by atoms with Crippen LogP contribution in [-0.2, 0) is 11.2 Å². The Hall–Kier alpha value is -1.91. The number of likely N-dealkylation sites (N-methyl/N-ethyl adjacent to an activating group) is 1. The van der Waals surface area contributed by atoms with Crippen molar-refractivity contribution in [1.82, 2.24) is 4.90 Å². The Bertz CT molecular complexity index is 495. The van der Waals surface area contributed by atoms with Crippen LogP contribution in [0.25, 0.3) is 0 Å². The molecule has 0 spiro atoms. The summed E-state index contributed by atoms with van der Waals surface area (Å²) in [5.41, 5.74) is 0.660. The zero-order valence-electron chi connectivity index (χ0n) is 14.6. The number of hydrogen-bond donors (Lipinski definition) is 0. The van der Waals surface area contributed by atoms with Gasteiger partial charge >= 0.3 is 0 Å². The predicted octanol–water partition coefficient (Wildman–Crippen LogP) is 2.76. The lowest BCUT2D eigenvalue weighted by Crippen LogP contribution is -2.37. The first-order chi connectivity index (χ1) is 10.2. The first-order valence-corrected chi connectivity index (χ1v) is 7.29. The Balaban J connectivity index is 2.89. The standard InChI is InChI=1S/C17H27NO4/c1-17(2,3)16(19)18(4)9-8-12-10-13(20-5)15(22-7)14(11-12)21-6/h10-11H,8-9H2,1-7H3. The van der Waals surface area contributed by atoms with Gasteiger partial charge in [-0.2, -0.15) is 0 Å². The summed E-state index contributed by atoms with van der Waals surface area (Å²) in [6, 6.07) is 3.83. The molecule has 124 valence electrons. The first-order valence-electron chi connectivity index (χ1n) is 7.29. The van der Waals surface area contributed by atoms with Gasteiger partial charge in [0.1, 0.15) is 0 Å². The molecular weight excluding hydrogens is 282 g/mol. The highest BCUT2D eigenvalue weighted by molar-refractivity contribution is 5.81. The number of methoxy groups -OCH3 is 3. The number of ether oxygens (including phenoxy) is 3. The summed E-state index contributed by atoms with van der Waals surface area (Å²) in [4.78, 5) is 13.9. The molecule has 0 radical (unpaired) electrons. The summed E-state index contributed by atoms with van der Waals surface area (Å²) in [5.74, 6) is 1.95. The topological polar surface area (TPSA) is 48.0 Å². The molecule has 1 aromatic rings. The third-order valence-electron chi connectivity index (χ3n) is 3.45. The molecule has 1 aromatic carbocycles. The second-order valence-electron chi connectivity index (χ2n) is 6.26. The zero-order valence-corrected chi connectivity index (χ0v) is 14.6. The smallest absolute Gasteiger partial charge is 0.227 e. The maximum absolute atomic E-state index is 12.2. The van der Waals surface area contributed by atoms with E-state index < -0.39 is 0 Å². The molecule has 0 bridgehead atoms. The Morgan fingerprint density at radius 3 is 1.91 bits per heavy atom. The molecule has 0 saturated heterocycles. The summed E-state index contributed by atoms with van der Waals surface area (Å²) in [5, 5.41) is 0. The monoisotopic (exact) mass is 309 g/mol. The summed E-state index contributed by atoms with van der Waals surface area (Å²) in [6.45, 7) is 6.40. The van der Waals surface area contributed by atoms with Crippen molar-refractivity contribution in [2.75, 3.05) is 34.9 Å². The molecule has 0 aromatic heterocycles. The van der Waals surface area contributed by atoms with Gasteiger partial charge in [-0.1, -0.05) is 20.8 Å². The molecule has 0 unspecified atom stereocenters. The number of carbonyl (C=O) groups excluding carboxylic acids is 1. The van der Waals surface area contributed by atoms with Gasteiger partial charge in [0.2, 0.25) is 11.7 Å². The third-order valence-corrected chi connectivity index (χ3v) is 3.45. The van der Waals surface area contributed by atoms with E-state index >= 15 is 0 Å². The molecule has 5 nitrogen and oxygen atoms in total. The molecule has 1 rings (SSSR count). The van der Waals surface area contributed by atoms with Crippen molar-refractivity contribution >= 4 is 5.91 Å². The van der Waals surface area contributed by atoms with Crippen LogP contribution in [0.3, 0.4) is 0 Å². The second-order valence-corrected chi connectivity index (χ2v) is 6.26. The Morgan fingerprint density at radius 1 is 1.05 bits per heavy atom. The van der Waals surface area contributed by atoms with Crippen molar-refractivity contribution in [1.29, 1.82) is 0 Å². The van der Waals surface area contributed by atoms with E-state index in [1.165, 1.54) is 0 Å². The molecular formula is C17H27NO4. The minimum absolute atomic E-state index is 0.125. The average molecular weight is 309 g/mol. The van der Waals surface area contributed by atoms with Crippen molar-refractivity contribution in [2.45, 2.75) is 27.2 Å². The first kappa shape index (κ1) is 18.1. The summed E-state index contributed by atoms with van der Waals surface area (Å²) in [6.07, 6.45) is 0.717. The molecule has 1 amide bonds. The number of hydrogen-bond acceptors (Lipinski definition) is 4. The van der Waals surface area contributed by atoms with Crippen LogP contribution in [0.5, 0.6) is 17.2 Å². The van der Waals surface area contributed by atoms with E-state index in [2.05, 4.69) is 0 Å². The Kier molecular flexibility index (Phi) is 6.09. The summed E-state index contributed by atoms with van der Waals surface area (Å²) in [7, 11) is 6.59. The van der Waals surface area contributed by atoms with E-state index in [4.69, 9.17) is 14.2 Å². The fourth-order valence-electron chi connectivity index (χ4n) is 2.25. The quantitative estimate of drug-likeness (QED) is 0.811. The minimum Gasteiger partial charge on any atom is -0.493 e. The van der Waals surface area contributed by atoms with Gasteiger partial charge < -0.3 is 19.1 Å². The molecule has 5 heteroatoms. The fourth-order valence-corrected chi connectivity index (χ4v) is 2.25. The van der Waals surface area contributed by atoms with Crippen LogP contribution in [0.4, 0.5) is 0 Å². The van der Waals surface area contributed by atoms with Crippen molar-refractivity contribution in [3.63, 3.8) is 0 Å². The van der Waals surface area contributed by atoms with Crippen molar-refractivity contribution in [2.24, 2.45) is 5.41 Å². The van der Waals surface area contributed by atoms with Gasteiger partial charge in [0.15, 0.2) is 11.5 Å². The van der Waals surface area contributed by atoms with Crippen LogP contribution in [0.15, 0.2) is 12.1 Å². The normalized spacial score (nSPS) is 11.0. The second kappa shape index (κ2) is 7.38. The maximum atomic E-state index is 12.2. The number of nitrogens with zero attached hydrogens (tertiary/aromatic N) is 1. The fraction of sp³-hybridized carbons (Fsp3) is 0.588. The molecule has 0 aliphatic carbocycles. The van der Waals surface area contributed by atoms with Crippen molar-refractivity contribution in [3.05, 3.63) is 17.7 Å². The molecule has 0 atom stereocenters. The SMILES string of the molecule is COc1cc(CCN(C)C(=O)C(C)(C)C)cc(OC)c1OC. The third kappa shape index (κ3) is 4.29. The van der Waals surface area contributed by atoms with Gasteiger partial charge in [-0.05, 0) is 24.1 Å². The van der Waals surface area contributed by atoms with Gasteiger partial charge in [-0.15, -0.1) is 0 Å². The zero-order chi connectivity index (χ0) is 16.9.